The Bertz CT molecular complexity index is 2970. The van der Waals surface area contributed by atoms with E-state index in [1.54, 1.807) is 66.7 Å². The van der Waals surface area contributed by atoms with E-state index in [0.717, 1.165) is 73.7 Å². The highest BCUT2D eigenvalue weighted by Crippen LogP contribution is 2.35. The zero-order valence-corrected chi connectivity index (χ0v) is 45.5. The summed E-state index contributed by atoms with van der Waals surface area (Å²) in [5.74, 6) is -1.52. The van der Waals surface area contributed by atoms with Crippen molar-refractivity contribution in [1.82, 2.24) is 4.57 Å². The Hall–Kier alpha value is -7.86. The molecule has 1 aromatic heterocycles. The zero-order chi connectivity index (χ0) is 55.8. The molecule has 4 aromatic carbocycles. The molecule has 17 nitrogen and oxygen atoms in total. The lowest BCUT2D eigenvalue weighted by Gasteiger charge is -2.26. The molecule has 0 radical (unpaired) electrons. The van der Waals surface area contributed by atoms with E-state index in [1.165, 1.54) is 17.6 Å². The summed E-state index contributed by atoms with van der Waals surface area (Å²) in [6, 6.07) is 26.4. The van der Waals surface area contributed by atoms with Crippen molar-refractivity contribution in [3.05, 3.63) is 127 Å². The van der Waals surface area contributed by atoms with Crippen LogP contribution in [0, 0.1) is 23.7 Å². The first-order chi connectivity index (χ1) is 38.5. The number of aromatic nitrogens is 1. The average Bonchev–Trinajstić information content (AvgIpc) is 3.82. The number of carbonyl (C=O) groups excluding carboxylic acids is 6. The van der Waals surface area contributed by atoms with E-state index in [0.29, 0.717) is 111 Å². The van der Waals surface area contributed by atoms with Crippen molar-refractivity contribution in [1.29, 1.82) is 0 Å². The summed E-state index contributed by atoms with van der Waals surface area (Å²) in [6.07, 6.45) is 14.2. The fourth-order valence-corrected chi connectivity index (χ4v) is 10.2. The molecular weight excluding hydrogens is 1030 g/mol. The molecule has 2 fully saturated rings. The van der Waals surface area contributed by atoms with Gasteiger partial charge in [0.2, 0.25) is 4.80 Å². The summed E-state index contributed by atoms with van der Waals surface area (Å²) in [6.45, 7) is 8.57. The number of aryl methyl sites for hydroxylation is 1. The Morgan fingerprint density at radius 1 is 0.519 bits per heavy atom. The van der Waals surface area contributed by atoms with Crippen molar-refractivity contribution in [3.8, 4) is 34.5 Å². The molecule has 0 saturated heterocycles. The number of nitrogens with zero attached hydrogens (tertiary/aromatic N) is 3. The second kappa shape index (κ2) is 30.9. The van der Waals surface area contributed by atoms with E-state index in [9.17, 15) is 28.8 Å². The largest absolute Gasteiger partial charge is 0.494 e. The Balaban J connectivity index is 0.871. The summed E-state index contributed by atoms with van der Waals surface area (Å²) in [5.41, 5.74) is 1.37. The molecule has 7 rings (SSSR count). The van der Waals surface area contributed by atoms with Gasteiger partial charge in [0.1, 0.15) is 34.5 Å². The minimum Gasteiger partial charge on any atom is -0.494 e. The van der Waals surface area contributed by atoms with E-state index in [1.807, 2.05) is 35.9 Å². The lowest BCUT2D eigenvalue weighted by Crippen LogP contribution is -2.30. The van der Waals surface area contributed by atoms with Crippen molar-refractivity contribution >= 4 is 63.6 Å². The highest BCUT2D eigenvalue weighted by atomic mass is 32.1. The molecule has 1 heterocycles. The zero-order valence-electron chi connectivity index (χ0n) is 44.7. The standard InChI is InChI=1S/C61H69N3O14S/c1-4-55(65)73-38-14-8-6-12-36-71-47-26-30-49(31-27-47)75-57(67)42-18-20-44(21-19-42)59(69)77-51-34-35-53(46(40-51)41-62-63-61-64(3)52-16-10-11-17-54(52)79-61)78-60(70)45-24-22-43(23-25-45)58(68)76-50-32-28-48(29-33-50)72-37-13-7-9-15-39-74-56(66)5-2/h4-5,10-11,16-17,26-35,40-45H,1-2,6-9,12-15,18-25,36-39H2,3H3. The minimum absolute atomic E-state index is 0.206. The van der Waals surface area contributed by atoms with E-state index in [4.69, 9.17) is 37.9 Å². The third kappa shape index (κ3) is 18.7. The highest BCUT2D eigenvalue weighted by Gasteiger charge is 2.34. The Morgan fingerprint density at radius 2 is 0.924 bits per heavy atom. The number of hydrogen-bond acceptors (Lipinski definition) is 17. The number of thiazole rings is 1. The van der Waals surface area contributed by atoms with Crippen LogP contribution in [0.15, 0.2) is 127 Å². The van der Waals surface area contributed by atoms with Crippen LogP contribution in [0.3, 0.4) is 0 Å². The molecule has 0 atom stereocenters. The van der Waals surface area contributed by atoms with Crippen LogP contribution in [0.4, 0.5) is 0 Å². The summed E-state index contributed by atoms with van der Waals surface area (Å²) >= 11 is 1.47. The molecule has 0 unspecified atom stereocenters. The maximum Gasteiger partial charge on any atom is 0.330 e. The SMILES string of the molecule is C=CC(=O)OCCCCCCOc1ccc(OC(=O)C2CCC(C(=O)Oc3ccc(OC(=O)C4CCC(C(=O)Oc5ccc(OCCCCCCOC(=O)C=C)cc5)CC4)c(C=NN=c4sc5ccccc5n4C)c3)CC2)cc1. The van der Waals surface area contributed by atoms with Crippen molar-refractivity contribution in [2.24, 2.45) is 40.9 Å². The van der Waals surface area contributed by atoms with Crippen molar-refractivity contribution in [2.45, 2.75) is 103 Å². The molecule has 2 aliphatic carbocycles. The number of esters is 6. The van der Waals surface area contributed by atoms with Gasteiger partial charge in [-0.2, -0.15) is 5.10 Å². The molecule has 79 heavy (non-hydrogen) atoms. The number of ether oxygens (including phenoxy) is 8. The summed E-state index contributed by atoms with van der Waals surface area (Å²) in [7, 11) is 1.90. The number of para-hydroxylation sites is 1. The second-order valence-electron chi connectivity index (χ2n) is 19.4. The van der Waals surface area contributed by atoms with Gasteiger partial charge in [-0.3, -0.25) is 19.2 Å². The summed E-state index contributed by atoms with van der Waals surface area (Å²) in [5, 5.41) is 8.84. The molecule has 0 aliphatic heterocycles. The quantitative estimate of drug-likeness (QED) is 0.0114. The van der Waals surface area contributed by atoms with Gasteiger partial charge in [0.25, 0.3) is 0 Å². The lowest BCUT2D eigenvalue weighted by atomic mass is 9.82. The number of rotatable bonds is 28. The number of carbonyl (C=O) groups is 6. The summed E-state index contributed by atoms with van der Waals surface area (Å²) in [4.78, 5) is 76.6. The molecule has 0 N–H and O–H groups in total. The first-order valence-electron chi connectivity index (χ1n) is 27.1. The molecule has 18 heteroatoms. The number of fused-ring (bicyclic) bond motifs is 1. The van der Waals surface area contributed by atoms with E-state index >= 15 is 0 Å². The van der Waals surface area contributed by atoms with Gasteiger partial charge in [-0.05, 0) is 182 Å². The van der Waals surface area contributed by atoms with Gasteiger partial charge >= 0.3 is 35.8 Å². The van der Waals surface area contributed by atoms with Crippen LogP contribution in [-0.2, 0) is 45.3 Å². The van der Waals surface area contributed by atoms with Gasteiger partial charge < -0.3 is 42.5 Å². The predicted octanol–water partition coefficient (Wildman–Crippen LogP) is 11.1. The second-order valence-corrected chi connectivity index (χ2v) is 20.5. The molecule has 0 amide bonds. The van der Waals surface area contributed by atoms with Crippen molar-refractivity contribution in [2.75, 3.05) is 26.4 Å². The minimum atomic E-state index is -0.464. The van der Waals surface area contributed by atoms with Crippen LogP contribution in [0.5, 0.6) is 34.5 Å². The molecule has 2 saturated carbocycles. The van der Waals surface area contributed by atoms with E-state index in [-0.39, 0.29) is 35.3 Å². The molecule has 0 bridgehead atoms. The fraction of sp³-hybridized carbons (Fsp3) is 0.410. The lowest BCUT2D eigenvalue weighted by molar-refractivity contribution is -0.145. The molecule has 0 spiro atoms. The Kier molecular flexibility index (Phi) is 23.0. The van der Waals surface area contributed by atoms with Gasteiger partial charge in [0, 0.05) is 24.8 Å². The first-order valence-corrected chi connectivity index (χ1v) is 27.9. The van der Waals surface area contributed by atoms with Crippen LogP contribution >= 0.6 is 11.3 Å². The predicted molar refractivity (Wildman–Crippen MR) is 297 cm³/mol. The van der Waals surface area contributed by atoms with E-state index in [2.05, 4.69) is 23.4 Å². The van der Waals surface area contributed by atoms with Crippen LogP contribution in [-0.4, -0.2) is 73.0 Å². The molecular formula is C61H69N3O14S. The van der Waals surface area contributed by atoms with Crippen molar-refractivity contribution < 1.29 is 66.7 Å². The topological polar surface area (TPSA) is 206 Å². The third-order valence-corrected chi connectivity index (χ3v) is 14.9. The average molecular weight is 1100 g/mol. The van der Waals surface area contributed by atoms with E-state index < -0.39 is 35.7 Å². The fourth-order valence-electron chi connectivity index (χ4n) is 9.19. The van der Waals surface area contributed by atoms with Gasteiger partial charge in [0.05, 0.1) is 66.5 Å². The molecule has 5 aromatic rings. The van der Waals surface area contributed by atoms with Gasteiger partial charge in [-0.25, -0.2) is 9.59 Å². The number of unbranched alkanes of at least 4 members (excludes halogenated alkanes) is 6. The van der Waals surface area contributed by atoms with Gasteiger partial charge in [-0.1, -0.05) is 36.6 Å². The van der Waals surface area contributed by atoms with Crippen LogP contribution in [0.1, 0.15) is 108 Å². The maximum atomic E-state index is 13.7. The maximum absolute atomic E-state index is 13.7. The van der Waals surface area contributed by atoms with Crippen LogP contribution in [0.2, 0.25) is 0 Å². The number of benzene rings is 4. The smallest absolute Gasteiger partial charge is 0.330 e. The third-order valence-electron chi connectivity index (χ3n) is 13.8. The van der Waals surface area contributed by atoms with Gasteiger partial charge in [0.15, 0.2) is 0 Å². The Labute approximate surface area is 464 Å². The molecule has 2 aliphatic rings. The molecule has 418 valence electrons. The monoisotopic (exact) mass is 1100 g/mol. The Morgan fingerprint density at radius 3 is 1.38 bits per heavy atom. The van der Waals surface area contributed by atoms with Gasteiger partial charge in [-0.15, -0.1) is 5.10 Å². The highest BCUT2D eigenvalue weighted by molar-refractivity contribution is 7.16. The first kappa shape index (κ1) is 58.8. The van der Waals surface area contributed by atoms with Crippen LogP contribution in [0.25, 0.3) is 10.2 Å². The van der Waals surface area contributed by atoms with Crippen LogP contribution < -0.4 is 33.2 Å². The number of hydrogen-bond donors (Lipinski definition) is 0. The summed E-state index contributed by atoms with van der Waals surface area (Å²) < 4.78 is 47.9. The normalized spacial score (nSPS) is 17.3. The van der Waals surface area contributed by atoms with Crippen molar-refractivity contribution in [3.63, 3.8) is 0 Å².